The molecule has 0 unspecified atom stereocenters. The summed E-state index contributed by atoms with van der Waals surface area (Å²) < 4.78 is 29.4. The fourth-order valence-corrected chi connectivity index (χ4v) is 21.7. The molecule has 10 rings (SSSR count). The van der Waals surface area contributed by atoms with Crippen LogP contribution in [0.4, 0.5) is 0 Å². The molecule has 0 aliphatic heterocycles. The van der Waals surface area contributed by atoms with E-state index in [1.165, 1.54) is 19.3 Å². The van der Waals surface area contributed by atoms with Crippen molar-refractivity contribution in [2.75, 3.05) is 6.79 Å². The van der Waals surface area contributed by atoms with Gasteiger partial charge in [-0.1, -0.05) is 48.5 Å². The smallest absolute Gasteiger partial charge is 0.306 e. The Kier molecular flexibility index (Phi) is 17.6. The Morgan fingerprint density at radius 2 is 1.26 bits per heavy atom. The van der Waals surface area contributed by atoms with Crippen molar-refractivity contribution in [3.05, 3.63) is 0 Å². The molecule has 10 fully saturated rings. The summed E-state index contributed by atoms with van der Waals surface area (Å²) >= 11 is 0. The van der Waals surface area contributed by atoms with Gasteiger partial charge in [-0.05, 0) is 255 Å². The first-order valence-electron chi connectivity index (χ1n) is 31.3. The molecule has 0 aromatic carbocycles. The van der Waals surface area contributed by atoms with Crippen LogP contribution in [0.1, 0.15) is 217 Å². The molecule has 77 heavy (non-hydrogen) atoms. The summed E-state index contributed by atoms with van der Waals surface area (Å²) in [5.41, 5.74) is -1.03. The number of esters is 2. The van der Waals surface area contributed by atoms with E-state index in [-0.39, 0.29) is 106 Å². The van der Waals surface area contributed by atoms with E-state index in [0.29, 0.717) is 79.0 Å². The largest absolute Gasteiger partial charge is 0.465 e. The molecule has 0 heterocycles. The molecule has 10 aliphatic carbocycles. The Hall–Kier alpha value is -2.32. The van der Waals surface area contributed by atoms with E-state index in [1.54, 1.807) is 0 Å². The maximum Gasteiger partial charge on any atom is 0.306 e. The number of rotatable bonds is 16. The van der Waals surface area contributed by atoms with Crippen LogP contribution in [0.2, 0.25) is 0 Å². The van der Waals surface area contributed by atoms with Gasteiger partial charge in [0.2, 0.25) is 0 Å². The van der Waals surface area contributed by atoms with Crippen molar-refractivity contribution in [3.8, 4) is 0 Å². The van der Waals surface area contributed by atoms with Crippen LogP contribution in [0.5, 0.6) is 0 Å². The van der Waals surface area contributed by atoms with Gasteiger partial charge in [0.25, 0.3) is 12.9 Å². The number of carbonyl (C=O) groups excluding carboxylic acids is 4. The minimum absolute atomic E-state index is 0.0247. The molecule has 13 heteroatoms. The zero-order valence-corrected chi connectivity index (χ0v) is 49.1. The molecule has 0 aromatic heterocycles. The van der Waals surface area contributed by atoms with Crippen LogP contribution in [0, 0.1) is 105 Å². The van der Waals surface area contributed by atoms with Crippen LogP contribution in [0.25, 0.3) is 0 Å². The van der Waals surface area contributed by atoms with Crippen LogP contribution in [0.15, 0.2) is 0 Å². The van der Waals surface area contributed by atoms with Crippen LogP contribution in [-0.4, -0.2) is 99.9 Å². The average molecular weight is 1080 g/mol. The molecule has 10 aliphatic rings. The van der Waals surface area contributed by atoms with E-state index in [0.717, 1.165) is 121 Å². The molecule has 0 aromatic rings. The third kappa shape index (κ3) is 10.7. The first kappa shape index (κ1) is 59.3. The predicted octanol–water partition coefficient (Wildman–Crippen LogP) is 10.9. The maximum atomic E-state index is 13.3. The van der Waals surface area contributed by atoms with Crippen molar-refractivity contribution in [3.63, 3.8) is 0 Å². The van der Waals surface area contributed by atoms with E-state index in [1.807, 2.05) is 20.8 Å². The lowest BCUT2D eigenvalue weighted by Crippen LogP contribution is -2.63. The van der Waals surface area contributed by atoms with Gasteiger partial charge in [-0.25, -0.2) is 0 Å². The van der Waals surface area contributed by atoms with E-state index >= 15 is 0 Å². The number of ether oxygens (including phenoxy) is 5. The van der Waals surface area contributed by atoms with Gasteiger partial charge in [-0.2, -0.15) is 0 Å². The van der Waals surface area contributed by atoms with Crippen molar-refractivity contribution in [1.29, 1.82) is 0 Å². The van der Waals surface area contributed by atoms with Gasteiger partial charge in [0.1, 0.15) is 30.2 Å². The number of fused-ring (bicyclic) bond motifs is 12. The topological polar surface area (TPSA) is 195 Å². The number of hydrogen-bond donors (Lipinski definition) is 4. The molecule has 0 spiro atoms. The quantitative estimate of drug-likeness (QED) is 0.0494. The summed E-state index contributed by atoms with van der Waals surface area (Å²) in [5, 5.41) is 43.3. The van der Waals surface area contributed by atoms with Crippen LogP contribution < -0.4 is 0 Å². The number of aliphatic hydroxyl groups excluding tert-OH is 4. The number of aliphatic hydroxyl groups is 4. The fraction of sp³-hybridized carbons (Fsp3) is 0.938. The summed E-state index contributed by atoms with van der Waals surface area (Å²) in [4.78, 5) is 48.7. The molecule has 438 valence electrons. The molecule has 4 N–H and O–H groups in total. The van der Waals surface area contributed by atoms with Crippen LogP contribution in [-0.2, 0) is 42.9 Å². The summed E-state index contributed by atoms with van der Waals surface area (Å²) in [6.45, 7) is 22.6. The zero-order chi connectivity index (χ0) is 55.6. The van der Waals surface area contributed by atoms with Crippen molar-refractivity contribution >= 4 is 24.9 Å². The predicted molar refractivity (Wildman–Crippen MR) is 291 cm³/mol. The fourth-order valence-electron chi connectivity index (χ4n) is 21.7. The van der Waals surface area contributed by atoms with E-state index in [2.05, 4.69) is 48.5 Å². The van der Waals surface area contributed by atoms with Crippen molar-refractivity contribution in [1.82, 2.24) is 0 Å². The number of hydrogen-bond acceptors (Lipinski definition) is 13. The summed E-state index contributed by atoms with van der Waals surface area (Å²) in [6.07, 6.45) is 19.3. The van der Waals surface area contributed by atoms with Gasteiger partial charge in [0, 0.05) is 18.3 Å². The monoisotopic (exact) mass is 1080 g/mol. The van der Waals surface area contributed by atoms with E-state index in [9.17, 15) is 39.6 Å². The van der Waals surface area contributed by atoms with Crippen LogP contribution >= 0.6 is 0 Å². The third-order valence-corrected chi connectivity index (χ3v) is 25.6. The summed E-state index contributed by atoms with van der Waals surface area (Å²) in [7, 11) is 0. The summed E-state index contributed by atoms with van der Waals surface area (Å²) in [5.74, 6) is 4.71. The van der Waals surface area contributed by atoms with Gasteiger partial charge < -0.3 is 44.1 Å². The molecule has 0 radical (unpaired) electrons. The second-order valence-corrected chi connectivity index (χ2v) is 29.8. The molecular weight excluding hydrogens is 977 g/mol. The SMILES string of the molecule is CC[C@]1(OC(=O)CC[C@@H](C)[C@H]2CC[C@H]3[C@@H]4[C@H](OCO)C[C@@H]5C[C@H](OC=O)CC[C@]5(C)[C@H]4C[C@H](OC=O)[C@]23C)C[C@@H]2CC[C@H]1C2.C[C@H](CCC(=O)OC(C)(C)C)[C@H]1CC[C@H]2[C@@H]3[C@H](O)C[C@@H]4C[C@H](O)CC[C@]4(C)[C@H]3C[C@H](O)[C@]12C. The van der Waals surface area contributed by atoms with E-state index in [4.69, 9.17) is 23.7 Å². The highest BCUT2D eigenvalue weighted by Crippen LogP contribution is 2.71. The summed E-state index contributed by atoms with van der Waals surface area (Å²) in [6, 6.07) is 0. The minimum atomic E-state index is -0.459. The second-order valence-electron chi connectivity index (χ2n) is 29.8. The minimum Gasteiger partial charge on any atom is -0.465 e. The average Bonchev–Trinajstić information content (AvgIpc) is 4.33. The Morgan fingerprint density at radius 1 is 0.649 bits per heavy atom. The highest BCUT2D eigenvalue weighted by Gasteiger charge is 2.69. The Balaban J connectivity index is 0.000000196. The van der Waals surface area contributed by atoms with Crippen LogP contribution in [0.3, 0.4) is 0 Å². The maximum absolute atomic E-state index is 13.3. The lowest BCUT2D eigenvalue weighted by Gasteiger charge is -2.64. The van der Waals surface area contributed by atoms with E-state index < -0.39 is 5.60 Å². The highest BCUT2D eigenvalue weighted by molar-refractivity contribution is 5.70. The first-order chi connectivity index (χ1) is 36.4. The normalized spacial score (nSPS) is 48.2. The molecular formula is C64H104O13. The Bertz CT molecular complexity index is 2080. The molecule has 10 saturated carbocycles. The Labute approximate surface area is 462 Å². The molecule has 25 atom stereocenters. The zero-order valence-electron chi connectivity index (χ0n) is 49.1. The van der Waals surface area contributed by atoms with Crippen molar-refractivity contribution in [2.45, 2.75) is 265 Å². The molecule has 0 saturated heterocycles. The lowest BCUT2D eigenvalue weighted by molar-refractivity contribution is -0.231. The molecule has 2 bridgehead atoms. The van der Waals surface area contributed by atoms with Gasteiger partial charge in [-0.15, -0.1) is 0 Å². The molecule has 0 amide bonds. The number of carbonyl (C=O) groups is 4. The second kappa shape index (κ2) is 22.8. The van der Waals surface area contributed by atoms with Gasteiger partial charge >= 0.3 is 11.9 Å². The first-order valence-corrected chi connectivity index (χ1v) is 31.3. The standard InChI is InChI=1S/C36H56O8.C28H48O5/c1-5-36(18-23-7-8-24(36)14-23)44-32(40)11-6-22(2)27-9-10-28-33-29(17-31(43-21-39)35(27,28)4)34(3)13-12-26(41-19-37)15-25(34)16-30(33)42-20-38;1-16(7-10-24(32)33-26(2,3)4)19-8-9-20-25-21(15-23(31)28(19,20)6)27(5)12-11-18(29)13-17(27)14-22(25)30/h19,21-31,33,38H,5-18,20H2,1-4H3;16-23,25,29-31H,7-15H2,1-6H3/t22-,23-,24+,25+,26-,27-,28+,29+,30-,31+,33+,34+,35-,36+;16-,17+,18-,19-,20+,21+,22-,23+,25+,27+,28-/m11/s1. The van der Waals surface area contributed by atoms with Gasteiger partial charge in [0.05, 0.1) is 24.4 Å². The van der Waals surface area contributed by atoms with Gasteiger partial charge in [-0.3, -0.25) is 19.2 Å². The Morgan fingerprint density at radius 3 is 1.86 bits per heavy atom. The van der Waals surface area contributed by atoms with Crippen molar-refractivity contribution < 1.29 is 63.3 Å². The third-order valence-electron chi connectivity index (χ3n) is 25.6. The highest BCUT2D eigenvalue weighted by atomic mass is 16.6. The van der Waals surface area contributed by atoms with Gasteiger partial charge in [0.15, 0.2) is 0 Å². The van der Waals surface area contributed by atoms with Crippen molar-refractivity contribution in [2.24, 2.45) is 105 Å². The lowest BCUT2D eigenvalue weighted by atomic mass is 9.43. The molecule has 13 nitrogen and oxygen atoms in total.